The van der Waals surface area contributed by atoms with Crippen molar-refractivity contribution in [3.8, 4) is 23.0 Å². The van der Waals surface area contributed by atoms with Gasteiger partial charge in [0.05, 0.1) is 48.3 Å². The van der Waals surface area contributed by atoms with Crippen molar-refractivity contribution < 1.29 is 47.6 Å². The van der Waals surface area contributed by atoms with E-state index >= 15 is 0 Å². The molecule has 12 heteroatoms. The molecule has 0 aromatic heterocycles. The number of esters is 4. The summed E-state index contributed by atoms with van der Waals surface area (Å²) in [5.74, 6) is -0.666. The molecule has 2 aromatic rings. The van der Waals surface area contributed by atoms with Crippen LogP contribution < -0.4 is 18.9 Å². The molecule has 0 saturated heterocycles. The van der Waals surface area contributed by atoms with Crippen LogP contribution in [-0.4, -0.2) is 50.3 Å². The van der Waals surface area contributed by atoms with Gasteiger partial charge in [-0.25, -0.2) is 9.59 Å². The lowest BCUT2D eigenvalue weighted by molar-refractivity contribution is -0.145. The van der Waals surface area contributed by atoms with E-state index in [1.54, 1.807) is 36.4 Å². The van der Waals surface area contributed by atoms with Crippen LogP contribution in [0.4, 0.5) is 0 Å². The average molecular weight is 734 g/mol. The Kier molecular flexibility index (Phi) is 18.3. The highest BCUT2D eigenvalue weighted by molar-refractivity contribution is 6.32. The van der Waals surface area contributed by atoms with Crippen molar-refractivity contribution in [1.29, 1.82) is 0 Å². The smallest absolute Gasteiger partial charge is 0.330 e. The third-order valence-electron chi connectivity index (χ3n) is 8.06. The van der Waals surface area contributed by atoms with Gasteiger partial charge < -0.3 is 28.4 Å². The summed E-state index contributed by atoms with van der Waals surface area (Å²) in [6, 6.07) is 9.87. The Morgan fingerprint density at radius 3 is 1.28 bits per heavy atom. The third kappa shape index (κ3) is 14.8. The van der Waals surface area contributed by atoms with Crippen molar-refractivity contribution in [3.05, 3.63) is 71.8 Å². The van der Waals surface area contributed by atoms with Crippen LogP contribution >= 0.6 is 23.2 Å². The van der Waals surface area contributed by atoms with Gasteiger partial charge in [0.15, 0.2) is 0 Å². The summed E-state index contributed by atoms with van der Waals surface area (Å²) in [6.45, 7) is 8.48. The van der Waals surface area contributed by atoms with Crippen LogP contribution in [0.3, 0.4) is 0 Å². The summed E-state index contributed by atoms with van der Waals surface area (Å²) in [7, 11) is 0. The van der Waals surface area contributed by atoms with Gasteiger partial charge in [0.2, 0.25) is 0 Å². The van der Waals surface area contributed by atoms with Gasteiger partial charge >= 0.3 is 23.9 Å². The zero-order valence-electron chi connectivity index (χ0n) is 28.3. The minimum absolute atomic E-state index is 0.255. The zero-order valence-corrected chi connectivity index (χ0v) is 29.9. The van der Waals surface area contributed by atoms with Gasteiger partial charge in [-0.05, 0) is 101 Å². The molecule has 10 nitrogen and oxygen atoms in total. The highest BCUT2D eigenvalue weighted by Gasteiger charge is 2.32. The third-order valence-corrected chi connectivity index (χ3v) is 8.65. The summed E-state index contributed by atoms with van der Waals surface area (Å²) in [5.41, 5.74) is 0. The molecule has 272 valence electrons. The Bertz CT molecular complexity index is 1330. The lowest BCUT2D eigenvalue weighted by atomic mass is 9.82. The Balaban J connectivity index is 1.31. The maximum atomic E-state index is 12.9. The van der Waals surface area contributed by atoms with E-state index in [1.807, 2.05) is 0 Å². The molecule has 3 rings (SSSR count). The number of hydrogen-bond acceptors (Lipinski definition) is 10. The number of halogens is 2. The molecule has 1 aliphatic rings. The molecule has 0 bridgehead atoms. The first kappa shape index (κ1) is 40.4. The van der Waals surface area contributed by atoms with E-state index in [0.29, 0.717) is 63.6 Å². The molecule has 1 fully saturated rings. The van der Waals surface area contributed by atoms with Crippen LogP contribution in [0.1, 0.15) is 77.0 Å². The number of ether oxygens (including phenoxy) is 6. The van der Waals surface area contributed by atoms with Gasteiger partial charge in [-0.15, -0.1) is 0 Å². The van der Waals surface area contributed by atoms with Crippen molar-refractivity contribution >= 4 is 47.1 Å². The fourth-order valence-corrected chi connectivity index (χ4v) is 5.63. The quantitative estimate of drug-likeness (QED) is 0.0503. The zero-order chi connectivity index (χ0) is 36.1. The van der Waals surface area contributed by atoms with Gasteiger partial charge in [0.1, 0.15) is 23.0 Å². The van der Waals surface area contributed by atoms with Crippen molar-refractivity contribution in [3.63, 3.8) is 0 Å². The SMILES string of the molecule is C=CC(=O)OCCCCCCOc1ccc(OC(=O)[C@H]2CC[C@H](C(=O)Oc3ccc(OCCCCCCOC(=O)C=C)cc3Cl)CC2)c(Cl)c1. The first-order chi connectivity index (χ1) is 24.2. The molecule has 0 aliphatic heterocycles. The summed E-state index contributed by atoms with van der Waals surface area (Å²) in [5, 5.41) is 0.539. The molecule has 50 heavy (non-hydrogen) atoms. The number of hydrogen-bond donors (Lipinski definition) is 0. The second-order valence-electron chi connectivity index (χ2n) is 11.8. The first-order valence-electron chi connectivity index (χ1n) is 17.1. The molecule has 0 radical (unpaired) electrons. The molecular weight excluding hydrogens is 687 g/mol. The van der Waals surface area contributed by atoms with Gasteiger partial charge in [0.25, 0.3) is 0 Å². The predicted molar refractivity (Wildman–Crippen MR) is 190 cm³/mol. The summed E-state index contributed by atoms with van der Waals surface area (Å²) in [4.78, 5) is 47.9. The summed E-state index contributed by atoms with van der Waals surface area (Å²) < 4.78 is 32.6. The second-order valence-corrected chi connectivity index (χ2v) is 12.7. The van der Waals surface area contributed by atoms with Crippen LogP contribution in [0.15, 0.2) is 61.7 Å². The van der Waals surface area contributed by atoms with Crippen molar-refractivity contribution in [1.82, 2.24) is 0 Å². The monoisotopic (exact) mass is 732 g/mol. The molecule has 1 saturated carbocycles. The largest absolute Gasteiger partial charge is 0.494 e. The van der Waals surface area contributed by atoms with E-state index in [4.69, 9.17) is 51.6 Å². The van der Waals surface area contributed by atoms with E-state index in [1.165, 1.54) is 0 Å². The lowest BCUT2D eigenvalue weighted by Crippen LogP contribution is -2.30. The van der Waals surface area contributed by atoms with Crippen LogP contribution in [0.5, 0.6) is 23.0 Å². The minimum atomic E-state index is -0.412. The highest BCUT2D eigenvalue weighted by atomic mass is 35.5. The minimum Gasteiger partial charge on any atom is -0.494 e. The summed E-state index contributed by atoms with van der Waals surface area (Å²) >= 11 is 12.8. The predicted octanol–water partition coefficient (Wildman–Crippen LogP) is 8.65. The molecule has 1 aliphatic carbocycles. The van der Waals surface area contributed by atoms with Crippen molar-refractivity contribution in [2.45, 2.75) is 77.0 Å². The molecule has 0 amide bonds. The Labute approximate surface area is 304 Å². The molecular formula is C38H46Cl2O10. The molecule has 0 atom stereocenters. The molecule has 2 aromatic carbocycles. The maximum absolute atomic E-state index is 12.9. The van der Waals surface area contributed by atoms with E-state index in [-0.39, 0.29) is 45.3 Å². The fourth-order valence-electron chi connectivity index (χ4n) is 5.22. The topological polar surface area (TPSA) is 124 Å². The fraction of sp³-hybridized carbons (Fsp3) is 0.474. The lowest BCUT2D eigenvalue weighted by Gasteiger charge is -2.26. The van der Waals surface area contributed by atoms with E-state index in [0.717, 1.165) is 63.5 Å². The van der Waals surface area contributed by atoms with E-state index in [9.17, 15) is 19.2 Å². The molecule has 0 heterocycles. The standard InChI is InChI=1S/C38H46Cl2O10/c1-3-35(41)47-23-11-7-5-9-21-45-29-17-19-33(31(39)25-29)49-37(43)27-13-15-28(16-14-27)38(44)50-34-20-18-30(26-32(34)40)46-22-10-6-8-12-24-48-36(42)4-2/h3-4,17-20,25-28H,1-2,5-16,21-24H2/t27-,28-. The number of carbonyl (C=O) groups is 4. The highest BCUT2D eigenvalue weighted by Crippen LogP contribution is 2.35. The van der Waals surface area contributed by atoms with Gasteiger partial charge in [-0.1, -0.05) is 36.4 Å². The normalized spacial score (nSPS) is 15.3. The molecule has 0 unspecified atom stereocenters. The Morgan fingerprint density at radius 1 is 0.580 bits per heavy atom. The van der Waals surface area contributed by atoms with Crippen molar-refractivity contribution in [2.75, 3.05) is 26.4 Å². The Hall–Kier alpha value is -4.02. The van der Waals surface area contributed by atoms with Crippen LogP contribution in [0, 0.1) is 11.8 Å². The van der Waals surface area contributed by atoms with Gasteiger partial charge in [0, 0.05) is 24.3 Å². The first-order valence-corrected chi connectivity index (χ1v) is 17.8. The van der Waals surface area contributed by atoms with E-state index < -0.39 is 11.9 Å². The van der Waals surface area contributed by atoms with Gasteiger partial charge in [-0.3, -0.25) is 9.59 Å². The average Bonchev–Trinajstić information content (AvgIpc) is 3.12. The number of rotatable bonds is 22. The van der Waals surface area contributed by atoms with E-state index in [2.05, 4.69) is 13.2 Å². The molecule has 0 N–H and O–H groups in total. The number of benzene rings is 2. The summed E-state index contributed by atoms with van der Waals surface area (Å²) in [6.07, 6.45) is 11.1. The van der Waals surface area contributed by atoms with Crippen LogP contribution in [0.2, 0.25) is 10.0 Å². The van der Waals surface area contributed by atoms with Crippen LogP contribution in [0.25, 0.3) is 0 Å². The second kappa shape index (κ2) is 22.6. The maximum Gasteiger partial charge on any atom is 0.330 e. The number of unbranched alkanes of at least 4 members (excludes halogenated alkanes) is 6. The molecule has 0 spiro atoms. The van der Waals surface area contributed by atoms with Crippen molar-refractivity contribution in [2.24, 2.45) is 11.8 Å². The van der Waals surface area contributed by atoms with Gasteiger partial charge in [-0.2, -0.15) is 0 Å². The van der Waals surface area contributed by atoms with Crippen LogP contribution in [-0.2, 0) is 28.7 Å². The number of carbonyl (C=O) groups excluding carboxylic acids is 4. The Morgan fingerprint density at radius 2 is 0.940 bits per heavy atom.